The van der Waals surface area contributed by atoms with Crippen LogP contribution in [0, 0.1) is 5.92 Å². The van der Waals surface area contributed by atoms with E-state index in [1.165, 1.54) is 7.11 Å². The minimum Gasteiger partial charge on any atom is -0.495 e. The molecule has 1 aromatic carbocycles. The summed E-state index contributed by atoms with van der Waals surface area (Å²) in [4.78, 5) is 11.7. The summed E-state index contributed by atoms with van der Waals surface area (Å²) in [7, 11) is 1.53. The molecule has 0 fully saturated rings. The fourth-order valence-corrected chi connectivity index (χ4v) is 2.11. The molecule has 0 aliphatic carbocycles. The zero-order chi connectivity index (χ0) is 15.1. The number of hydrogen-bond donors (Lipinski definition) is 3. The van der Waals surface area contributed by atoms with Crippen molar-refractivity contribution >= 4 is 23.3 Å². The monoisotopic (exact) mass is 300 g/mol. The number of rotatable bonds is 6. The molecule has 5 nitrogen and oxygen atoms in total. The van der Waals surface area contributed by atoms with Gasteiger partial charge in [-0.25, -0.2) is 4.79 Å². The molecule has 2 unspecified atom stereocenters. The Morgan fingerprint density at radius 3 is 2.70 bits per heavy atom. The molecule has 0 radical (unpaired) electrons. The number of hydrogen-bond acceptors (Lipinski definition) is 3. The number of aliphatic hydroxyl groups is 1. The third-order valence-corrected chi connectivity index (χ3v) is 3.06. The maximum absolute atomic E-state index is 11.7. The van der Waals surface area contributed by atoms with E-state index in [0.29, 0.717) is 29.4 Å². The summed E-state index contributed by atoms with van der Waals surface area (Å²) >= 11 is 5.97. The van der Waals surface area contributed by atoms with Crippen LogP contribution in [0.4, 0.5) is 10.5 Å². The van der Waals surface area contributed by atoms with Gasteiger partial charge < -0.3 is 20.5 Å². The predicted octanol–water partition coefficient (Wildman–Crippen LogP) is 2.88. The molecule has 0 bridgehead atoms. The van der Waals surface area contributed by atoms with Gasteiger partial charge in [0.1, 0.15) is 5.75 Å². The van der Waals surface area contributed by atoms with Crippen molar-refractivity contribution in [3.8, 4) is 5.75 Å². The van der Waals surface area contributed by atoms with Crippen LogP contribution in [0.5, 0.6) is 5.75 Å². The van der Waals surface area contributed by atoms with Gasteiger partial charge in [0.15, 0.2) is 0 Å². The first-order chi connectivity index (χ1) is 9.42. The first kappa shape index (κ1) is 16.6. The van der Waals surface area contributed by atoms with Crippen molar-refractivity contribution in [1.29, 1.82) is 0 Å². The van der Waals surface area contributed by atoms with Gasteiger partial charge in [-0.3, -0.25) is 0 Å². The molecule has 0 spiro atoms. The zero-order valence-electron chi connectivity index (χ0n) is 11.9. The summed E-state index contributed by atoms with van der Waals surface area (Å²) in [6, 6.07) is 4.72. The summed E-state index contributed by atoms with van der Waals surface area (Å²) in [6.07, 6.45) is 0.282. The first-order valence-electron chi connectivity index (χ1n) is 6.48. The Morgan fingerprint density at radius 2 is 2.15 bits per heavy atom. The van der Waals surface area contributed by atoms with Crippen LogP contribution in [0.3, 0.4) is 0 Å². The number of urea groups is 1. The molecule has 0 aliphatic rings. The van der Waals surface area contributed by atoms with Gasteiger partial charge >= 0.3 is 6.03 Å². The molecule has 6 heteroatoms. The summed E-state index contributed by atoms with van der Waals surface area (Å²) in [5.74, 6) is 0.767. The molecular weight excluding hydrogens is 280 g/mol. The Bertz CT molecular complexity index is 452. The predicted molar refractivity (Wildman–Crippen MR) is 80.5 cm³/mol. The van der Waals surface area contributed by atoms with Crippen LogP contribution in [0.2, 0.25) is 5.02 Å². The number of carbonyl (C=O) groups is 1. The molecule has 20 heavy (non-hydrogen) atoms. The number of ether oxygens (including phenoxy) is 1. The van der Waals surface area contributed by atoms with Crippen molar-refractivity contribution in [3.63, 3.8) is 0 Å². The average Bonchev–Trinajstić information content (AvgIpc) is 2.36. The van der Waals surface area contributed by atoms with Crippen LogP contribution >= 0.6 is 11.6 Å². The molecule has 0 saturated carbocycles. The molecule has 3 N–H and O–H groups in total. The minimum atomic E-state index is -0.366. The Morgan fingerprint density at radius 1 is 1.45 bits per heavy atom. The van der Waals surface area contributed by atoms with E-state index in [2.05, 4.69) is 10.6 Å². The number of halogens is 1. The minimum absolute atomic E-state index is 0.209. The standard InChI is InChI=1S/C14H21ClN2O3/c1-9(6-10(2)18)8-16-14(19)17-11-4-5-13(20-3)12(15)7-11/h4-5,7,9-10,18H,6,8H2,1-3H3,(H2,16,17,19). The lowest BCUT2D eigenvalue weighted by Crippen LogP contribution is -2.33. The summed E-state index contributed by atoms with van der Waals surface area (Å²) < 4.78 is 5.04. The van der Waals surface area contributed by atoms with Gasteiger partial charge in [-0.15, -0.1) is 0 Å². The Kier molecular flexibility index (Phi) is 6.61. The lowest BCUT2D eigenvalue weighted by atomic mass is 10.1. The Labute approximate surface area is 124 Å². The summed E-state index contributed by atoms with van der Waals surface area (Å²) in [6.45, 7) is 4.20. The quantitative estimate of drug-likeness (QED) is 0.756. The lowest BCUT2D eigenvalue weighted by Gasteiger charge is -2.15. The van der Waals surface area contributed by atoms with Crippen molar-refractivity contribution in [2.45, 2.75) is 26.4 Å². The summed E-state index contributed by atoms with van der Waals surface area (Å²) in [5, 5.41) is 15.1. The highest BCUT2D eigenvalue weighted by Crippen LogP contribution is 2.27. The van der Waals surface area contributed by atoms with Crippen LogP contribution < -0.4 is 15.4 Å². The number of methoxy groups -OCH3 is 1. The number of anilines is 1. The molecule has 2 amide bonds. The van der Waals surface area contributed by atoms with Crippen molar-refractivity contribution in [2.24, 2.45) is 5.92 Å². The second-order valence-corrected chi connectivity index (χ2v) is 5.28. The highest BCUT2D eigenvalue weighted by molar-refractivity contribution is 6.32. The fraction of sp³-hybridized carbons (Fsp3) is 0.500. The number of amides is 2. The van der Waals surface area contributed by atoms with Gasteiger partial charge in [0, 0.05) is 12.2 Å². The lowest BCUT2D eigenvalue weighted by molar-refractivity contribution is 0.163. The molecule has 1 aromatic rings. The van der Waals surface area contributed by atoms with Gasteiger partial charge in [0.05, 0.1) is 18.2 Å². The average molecular weight is 301 g/mol. The van der Waals surface area contributed by atoms with E-state index in [4.69, 9.17) is 16.3 Å². The second-order valence-electron chi connectivity index (χ2n) is 4.87. The van der Waals surface area contributed by atoms with Crippen LogP contribution in [-0.4, -0.2) is 30.9 Å². The third-order valence-electron chi connectivity index (χ3n) is 2.76. The maximum atomic E-state index is 11.7. The number of nitrogens with one attached hydrogen (secondary N) is 2. The zero-order valence-corrected chi connectivity index (χ0v) is 12.7. The molecule has 0 saturated heterocycles. The molecule has 0 heterocycles. The molecule has 0 aromatic heterocycles. The topological polar surface area (TPSA) is 70.6 Å². The van der Waals surface area contributed by atoms with E-state index in [1.807, 2.05) is 6.92 Å². The van der Waals surface area contributed by atoms with E-state index in [9.17, 15) is 9.90 Å². The van der Waals surface area contributed by atoms with Crippen LogP contribution in [-0.2, 0) is 0 Å². The van der Waals surface area contributed by atoms with Crippen LogP contribution in [0.25, 0.3) is 0 Å². The van der Waals surface area contributed by atoms with E-state index >= 15 is 0 Å². The van der Waals surface area contributed by atoms with Crippen molar-refractivity contribution in [2.75, 3.05) is 19.0 Å². The molecular formula is C14H21ClN2O3. The normalized spacial score (nSPS) is 13.4. The number of benzene rings is 1. The maximum Gasteiger partial charge on any atom is 0.319 e. The van der Waals surface area contributed by atoms with Crippen molar-refractivity contribution < 1.29 is 14.6 Å². The first-order valence-corrected chi connectivity index (χ1v) is 6.86. The fourth-order valence-electron chi connectivity index (χ4n) is 1.85. The largest absolute Gasteiger partial charge is 0.495 e. The van der Waals surface area contributed by atoms with E-state index in [0.717, 1.165) is 0 Å². The van der Waals surface area contributed by atoms with E-state index in [1.54, 1.807) is 25.1 Å². The molecule has 112 valence electrons. The third kappa shape index (κ3) is 5.67. The highest BCUT2D eigenvalue weighted by Gasteiger charge is 2.09. The Hall–Kier alpha value is -1.46. The smallest absolute Gasteiger partial charge is 0.319 e. The van der Waals surface area contributed by atoms with E-state index < -0.39 is 0 Å². The van der Waals surface area contributed by atoms with Crippen LogP contribution in [0.1, 0.15) is 20.3 Å². The van der Waals surface area contributed by atoms with Gasteiger partial charge in [-0.2, -0.15) is 0 Å². The van der Waals surface area contributed by atoms with Crippen molar-refractivity contribution in [3.05, 3.63) is 23.2 Å². The number of aliphatic hydroxyl groups excluding tert-OH is 1. The summed E-state index contributed by atoms with van der Waals surface area (Å²) in [5.41, 5.74) is 0.594. The molecule has 2 atom stereocenters. The molecule has 1 rings (SSSR count). The van der Waals surface area contributed by atoms with Gasteiger partial charge in [-0.05, 0) is 37.5 Å². The highest BCUT2D eigenvalue weighted by atomic mass is 35.5. The van der Waals surface area contributed by atoms with Gasteiger partial charge in [0.25, 0.3) is 0 Å². The van der Waals surface area contributed by atoms with Gasteiger partial charge in [0.2, 0.25) is 0 Å². The Balaban J connectivity index is 2.44. The second kappa shape index (κ2) is 7.97. The van der Waals surface area contributed by atoms with Crippen LogP contribution in [0.15, 0.2) is 18.2 Å². The van der Waals surface area contributed by atoms with Gasteiger partial charge in [-0.1, -0.05) is 18.5 Å². The molecule has 0 aliphatic heterocycles. The SMILES string of the molecule is COc1ccc(NC(=O)NCC(C)CC(C)O)cc1Cl. The van der Waals surface area contributed by atoms with E-state index in [-0.39, 0.29) is 18.1 Å². The number of carbonyl (C=O) groups excluding carboxylic acids is 1. The van der Waals surface area contributed by atoms with Crippen molar-refractivity contribution in [1.82, 2.24) is 5.32 Å².